The van der Waals surface area contributed by atoms with Gasteiger partial charge in [0.1, 0.15) is 0 Å². The summed E-state index contributed by atoms with van der Waals surface area (Å²) >= 11 is 0. The van der Waals surface area contributed by atoms with Crippen LogP contribution in [-0.2, 0) is 11.3 Å². The van der Waals surface area contributed by atoms with E-state index in [1.54, 1.807) is 5.48 Å². The number of carbonyl (C=O) groups is 1. The number of nitrogens with zero attached hydrogens (tertiary/aromatic N) is 2. The van der Waals surface area contributed by atoms with Crippen molar-refractivity contribution in [2.24, 2.45) is 0 Å². The Morgan fingerprint density at radius 1 is 1.12 bits per heavy atom. The van der Waals surface area contributed by atoms with Crippen LogP contribution < -0.4 is 5.48 Å². The Morgan fingerprint density at radius 3 is 2.42 bits per heavy atom. The summed E-state index contributed by atoms with van der Waals surface area (Å²) in [7, 11) is 0. The third-order valence-electron chi connectivity index (χ3n) is 4.89. The van der Waals surface area contributed by atoms with Gasteiger partial charge < -0.3 is 4.90 Å². The fourth-order valence-corrected chi connectivity index (χ4v) is 3.61. The van der Waals surface area contributed by atoms with Gasteiger partial charge >= 0.3 is 0 Å². The van der Waals surface area contributed by atoms with Crippen molar-refractivity contribution in [3.8, 4) is 0 Å². The molecule has 0 unspecified atom stereocenters. The number of hydroxylamine groups is 1. The second-order valence-electron chi connectivity index (χ2n) is 6.96. The summed E-state index contributed by atoms with van der Waals surface area (Å²) in [6, 6.07) is 11.8. The fourth-order valence-electron chi connectivity index (χ4n) is 3.61. The van der Waals surface area contributed by atoms with Gasteiger partial charge in [-0.3, -0.25) is 14.9 Å². The van der Waals surface area contributed by atoms with Gasteiger partial charge in [0.05, 0.1) is 0 Å². The number of benzene rings is 1. The highest BCUT2D eigenvalue weighted by Gasteiger charge is 2.28. The minimum Gasteiger partial charge on any atom is -0.300 e. The number of hydrogen-bond donors (Lipinski definition) is 2. The molecule has 24 heavy (non-hydrogen) atoms. The highest BCUT2D eigenvalue weighted by molar-refractivity contribution is 5.74. The molecule has 0 saturated carbocycles. The van der Waals surface area contributed by atoms with Gasteiger partial charge in [0, 0.05) is 38.1 Å². The summed E-state index contributed by atoms with van der Waals surface area (Å²) < 4.78 is 0. The van der Waals surface area contributed by atoms with Crippen molar-refractivity contribution >= 4 is 5.91 Å². The van der Waals surface area contributed by atoms with E-state index in [4.69, 9.17) is 5.21 Å². The average Bonchev–Trinajstić information content (AvgIpc) is 2.58. The normalized spacial score (nSPS) is 22.5. The van der Waals surface area contributed by atoms with Crippen molar-refractivity contribution in [3.05, 3.63) is 35.9 Å². The molecule has 1 aromatic rings. The molecule has 0 radical (unpaired) electrons. The van der Waals surface area contributed by atoms with E-state index in [0.717, 1.165) is 45.4 Å². The quantitative estimate of drug-likeness (QED) is 0.436. The fraction of sp³-hybridized carbons (Fsp3) is 0.632. The molecular formula is C19H31N3O2. The molecule has 1 heterocycles. The highest BCUT2D eigenvalue weighted by atomic mass is 16.5. The van der Waals surface area contributed by atoms with E-state index in [2.05, 4.69) is 54.0 Å². The SMILES string of the molecule is C[C@@H]1CN(CCCCCC(=O)NO)C[C@H](C)N1Cc1ccccc1. The lowest BCUT2D eigenvalue weighted by molar-refractivity contribution is -0.129. The molecule has 0 aliphatic carbocycles. The standard InChI is InChI=1S/C19H31N3O2/c1-16-13-21(12-8-4-7-11-19(23)20-24)14-17(2)22(16)15-18-9-5-3-6-10-18/h3,5-6,9-10,16-17,24H,4,7-8,11-15H2,1-2H3,(H,20,23)/t16-,17+. The Hall–Kier alpha value is -1.43. The Kier molecular flexibility index (Phi) is 7.69. The molecule has 5 heteroatoms. The van der Waals surface area contributed by atoms with E-state index in [9.17, 15) is 4.79 Å². The van der Waals surface area contributed by atoms with Crippen LogP contribution in [0.4, 0.5) is 0 Å². The number of carbonyl (C=O) groups excluding carboxylic acids is 1. The Bertz CT molecular complexity index is 483. The van der Waals surface area contributed by atoms with Crippen LogP contribution in [0, 0.1) is 0 Å². The van der Waals surface area contributed by atoms with E-state index in [-0.39, 0.29) is 5.91 Å². The molecule has 0 aromatic heterocycles. The van der Waals surface area contributed by atoms with Crippen molar-refractivity contribution in [2.75, 3.05) is 19.6 Å². The Balaban J connectivity index is 1.71. The van der Waals surface area contributed by atoms with Crippen LogP contribution in [0.3, 0.4) is 0 Å². The van der Waals surface area contributed by atoms with Crippen LogP contribution in [-0.4, -0.2) is 52.6 Å². The van der Waals surface area contributed by atoms with Crippen molar-refractivity contribution < 1.29 is 10.0 Å². The highest BCUT2D eigenvalue weighted by Crippen LogP contribution is 2.19. The second-order valence-corrected chi connectivity index (χ2v) is 6.96. The molecular weight excluding hydrogens is 302 g/mol. The molecule has 0 bridgehead atoms. The van der Waals surface area contributed by atoms with Crippen LogP contribution in [0.25, 0.3) is 0 Å². The molecule has 0 spiro atoms. The molecule has 2 rings (SSSR count). The molecule has 134 valence electrons. The minimum atomic E-state index is -0.285. The maximum absolute atomic E-state index is 11.0. The summed E-state index contributed by atoms with van der Waals surface area (Å²) in [6.07, 6.45) is 3.39. The lowest BCUT2D eigenvalue weighted by Crippen LogP contribution is -2.56. The van der Waals surface area contributed by atoms with Crippen molar-refractivity contribution in [1.29, 1.82) is 0 Å². The van der Waals surface area contributed by atoms with Crippen molar-refractivity contribution in [3.63, 3.8) is 0 Å². The van der Waals surface area contributed by atoms with Gasteiger partial charge in [-0.05, 0) is 38.8 Å². The van der Waals surface area contributed by atoms with Crippen LogP contribution >= 0.6 is 0 Å². The van der Waals surface area contributed by atoms with Gasteiger partial charge in [-0.1, -0.05) is 36.8 Å². The van der Waals surface area contributed by atoms with E-state index in [1.807, 2.05) is 0 Å². The first-order chi connectivity index (χ1) is 11.6. The van der Waals surface area contributed by atoms with Crippen molar-refractivity contribution in [1.82, 2.24) is 15.3 Å². The Morgan fingerprint density at radius 2 is 1.79 bits per heavy atom. The summed E-state index contributed by atoms with van der Waals surface area (Å²) in [5, 5.41) is 8.47. The molecule has 1 aliphatic heterocycles. The number of piperazine rings is 1. The molecule has 2 atom stereocenters. The molecule has 2 N–H and O–H groups in total. The molecule has 1 saturated heterocycles. The van der Waals surface area contributed by atoms with E-state index >= 15 is 0 Å². The summed E-state index contributed by atoms with van der Waals surface area (Å²) in [5.41, 5.74) is 3.07. The lowest BCUT2D eigenvalue weighted by Gasteiger charge is -2.44. The van der Waals surface area contributed by atoms with E-state index in [0.29, 0.717) is 18.5 Å². The zero-order chi connectivity index (χ0) is 17.4. The second kappa shape index (κ2) is 9.77. The number of unbranched alkanes of at least 4 members (excludes halogenated alkanes) is 2. The van der Waals surface area contributed by atoms with E-state index in [1.165, 1.54) is 5.56 Å². The zero-order valence-corrected chi connectivity index (χ0v) is 14.9. The number of rotatable bonds is 8. The van der Waals surface area contributed by atoms with E-state index < -0.39 is 0 Å². The summed E-state index contributed by atoms with van der Waals surface area (Å²) in [6.45, 7) is 8.96. The van der Waals surface area contributed by atoms with Gasteiger partial charge in [0.15, 0.2) is 0 Å². The zero-order valence-electron chi connectivity index (χ0n) is 14.9. The molecule has 1 fully saturated rings. The predicted octanol–water partition coefficient (Wildman–Crippen LogP) is 2.65. The monoisotopic (exact) mass is 333 g/mol. The smallest absolute Gasteiger partial charge is 0.243 e. The number of hydrogen-bond acceptors (Lipinski definition) is 4. The maximum atomic E-state index is 11.0. The van der Waals surface area contributed by atoms with Crippen molar-refractivity contribution in [2.45, 2.75) is 58.2 Å². The Labute approximate surface area is 145 Å². The average molecular weight is 333 g/mol. The van der Waals surface area contributed by atoms with Crippen LogP contribution in [0.5, 0.6) is 0 Å². The van der Waals surface area contributed by atoms with Gasteiger partial charge in [-0.15, -0.1) is 0 Å². The number of nitrogens with one attached hydrogen (secondary N) is 1. The molecule has 1 amide bonds. The van der Waals surface area contributed by atoms with Gasteiger partial charge in [0.25, 0.3) is 0 Å². The van der Waals surface area contributed by atoms with Gasteiger partial charge in [-0.2, -0.15) is 0 Å². The first-order valence-corrected chi connectivity index (χ1v) is 9.05. The molecule has 1 aliphatic rings. The lowest BCUT2D eigenvalue weighted by atomic mass is 10.1. The number of amides is 1. The third-order valence-corrected chi connectivity index (χ3v) is 4.89. The third kappa shape index (κ3) is 5.89. The van der Waals surface area contributed by atoms with Crippen LogP contribution in [0.2, 0.25) is 0 Å². The minimum absolute atomic E-state index is 0.285. The van der Waals surface area contributed by atoms with Crippen LogP contribution in [0.1, 0.15) is 45.1 Å². The first kappa shape index (κ1) is 18.9. The topological polar surface area (TPSA) is 55.8 Å². The predicted molar refractivity (Wildman–Crippen MR) is 95.7 cm³/mol. The maximum Gasteiger partial charge on any atom is 0.243 e. The molecule has 5 nitrogen and oxygen atoms in total. The summed E-state index contributed by atoms with van der Waals surface area (Å²) in [4.78, 5) is 16.1. The van der Waals surface area contributed by atoms with Gasteiger partial charge in [-0.25, -0.2) is 5.48 Å². The van der Waals surface area contributed by atoms with Crippen LogP contribution in [0.15, 0.2) is 30.3 Å². The first-order valence-electron chi connectivity index (χ1n) is 9.05. The summed E-state index contributed by atoms with van der Waals surface area (Å²) in [5.74, 6) is -0.285. The van der Waals surface area contributed by atoms with Gasteiger partial charge in [0.2, 0.25) is 5.91 Å². The largest absolute Gasteiger partial charge is 0.300 e. The molecule has 1 aromatic carbocycles.